The van der Waals surface area contributed by atoms with E-state index < -0.39 is 0 Å². The zero-order valence-electron chi connectivity index (χ0n) is 11.7. The van der Waals surface area contributed by atoms with Crippen molar-refractivity contribution in [2.75, 3.05) is 18.1 Å². The number of hydrogen-bond acceptors (Lipinski definition) is 7. The van der Waals surface area contributed by atoms with Crippen LogP contribution in [0.5, 0.6) is 5.88 Å². The number of nitrogens with zero attached hydrogens (tertiary/aromatic N) is 4. The third kappa shape index (κ3) is 2.58. The summed E-state index contributed by atoms with van der Waals surface area (Å²) < 4.78 is 5.45. The summed E-state index contributed by atoms with van der Waals surface area (Å²) in [7, 11) is 0. The zero-order chi connectivity index (χ0) is 15.7. The average Bonchev–Trinajstić information content (AvgIpc) is 2.49. The number of aromatic nitrogens is 4. The monoisotopic (exact) mass is 316 g/mol. The van der Waals surface area contributed by atoms with Crippen LogP contribution < -0.4 is 16.2 Å². The van der Waals surface area contributed by atoms with Crippen LogP contribution in [0.3, 0.4) is 0 Å². The molecule has 0 bridgehead atoms. The predicted octanol–water partition coefficient (Wildman–Crippen LogP) is 2.30. The maximum Gasteiger partial charge on any atom is 0.247 e. The normalized spacial score (nSPS) is 10.8. The van der Waals surface area contributed by atoms with Gasteiger partial charge in [-0.3, -0.25) is 0 Å². The third-order valence-electron chi connectivity index (χ3n) is 2.96. The number of anilines is 2. The maximum atomic E-state index is 6.02. The molecule has 3 rings (SSSR count). The molecule has 0 saturated heterocycles. The van der Waals surface area contributed by atoms with Crippen molar-refractivity contribution in [2.45, 2.75) is 6.92 Å². The second-order valence-corrected chi connectivity index (χ2v) is 4.92. The Balaban J connectivity index is 2.22. The van der Waals surface area contributed by atoms with Crippen molar-refractivity contribution in [3.05, 3.63) is 29.4 Å². The summed E-state index contributed by atoms with van der Waals surface area (Å²) in [4.78, 5) is 16.9. The van der Waals surface area contributed by atoms with E-state index in [2.05, 4.69) is 19.9 Å². The van der Waals surface area contributed by atoms with Crippen molar-refractivity contribution in [3.63, 3.8) is 0 Å². The Morgan fingerprint density at radius 1 is 1.18 bits per heavy atom. The minimum absolute atomic E-state index is 0.0836. The summed E-state index contributed by atoms with van der Waals surface area (Å²) in [6.45, 7) is 2.27. The smallest absolute Gasteiger partial charge is 0.247 e. The van der Waals surface area contributed by atoms with Gasteiger partial charge in [-0.1, -0.05) is 11.6 Å². The van der Waals surface area contributed by atoms with E-state index >= 15 is 0 Å². The lowest BCUT2D eigenvalue weighted by Gasteiger charge is -2.09. The highest BCUT2D eigenvalue weighted by Crippen LogP contribution is 2.29. The van der Waals surface area contributed by atoms with Gasteiger partial charge in [-0.05, 0) is 25.1 Å². The molecule has 0 aliphatic heterocycles. The molecule has 4 N–H and O–H groups in total. The largest absolute Gasteiger partial charge is 0.476 e. The molecular formula is C14H13ClN6O. The highest BCUT2D eigenvalue weighted by Gasteiger charge is 2.13. The lowest BCUT2D eigenvalue weighted by atomic mass is 10.1. The van der Waals surface area contributed by atoms with Crippen LogP contribution in [0.2, 0.25) is 5.02 Å². The van der Waals surface area contributed by atoms with Gasteiger partial charge in [0.05, 0.1) is 18.5 Å². The summed E-state index contributed by atoms with van der Waals surface area (Å²) >= 11 is 6.02. The van der Waals surface area contributed by atoms with Gasteiger partial charge in [0, 0.05) is 16.3 Å². The van der Waals surface area contributed by atoms with Gasteiger partial charge in [0.25, 0.3) is 0 Å². The van der Waals surface area contributed by atoms with E-state index in [0.29, 0.717) is 45.6 Å². The number of nitrogens with two attached hydrogens (primary N) is 2. The fraction of sp³-hybridized carbons (Fsp3) is 0.143. The van der Waals surface area contributed by atoms with Gasteiger partial charge < -0.3 is 16.2 Å². The first-order chi connectivity index (χ1) is 10.6. The van der Waals surface area contributed by atoms with E-state index in [0.717, 1.165) is 0 Å². The number of ether oxygens (including phenoxy) is 1. The van der Waals surface area contributed by atoms with Gasteiger partial charge in [0.1, 0.15) is 0 Å². The van der Waals surface area contributed by atoms with Gasteiger partial charge in [-0.15, -0.1) is 0 Å². The molecule has 1 aromatic carbocycles. The lowest BCUT2D eigenvalue weighted by molar-refractivity contribution is 0.330. The molecule has 22 heavy (non-hydrogen) atoms. The molecule has 0 atom stereocenters. The van der Waals surface area contributed by atoms with Crippen LogP contribution in [0.15, 0.2) is 24.4 Å². The van der Waals surface area contributed by atoms with Crippen molar-refractivity contribution in [1.29, 1.82) is 0 Å². The van der Waals surface area contributed by atoms with Gasteiger partial charge >= 0.3 is 0 Å². The number of rotatable bonds is 3. The first-order valence-corrected chi connectivity index (χ1v) is 6.94. The predicted molar refractivity (Wildman–Crippen MR) is 85.6 cm³/mol. The van der Waals surface area contributed by atoms with E-state index in [4.69, 9.17) is 27.8 Å². The fourth-order valence-corrected chi connectivity index (χ4v) is 2.19. The van der Waals surface area contributed by atoms with E-state index in [9.17, 15) is 0 Å². The van der Waals surface area contributed by atoms with Crippen molar-refractivity contribution in [2.24, 2.45) is 0 Å². The van der Waals surface area contributed by atoms with E-state index in [-0.39, 0.29) is 5.95 Å². The molecule has 0 spiro atoms. The Labute approximate surface area is 131 Å². The molecule has 112 valence electrons. The SMILES string of the molecule is CCOc1nc(N)nc2ncc(-c3cc(Cl)ccc3N)nc12. The molecular weight excluding hydrogens is 304 g/mol. The Bertz CT molecular complexity index is 854. The van der Waals surface area contributed by atoms with E-state index in [1.165, 1.54) is 0 Å². The quantitative estimate of drug-likeness (QED) is 0.713. The summed E-state index contributed by atoms with van der Waals surface area (Å²) in [5.41, 5.74) is 14.2. The standard InChI is InChI=1S/C14H13ClN6O/c1-2-22-13-11-12(20-14(17)21-13)18-6-10(19-11)8-5-7(15)3-4-9(8)16/h3-6H,2,16H2,1H3,(H2,17,18,20,21). The molecule has 0 saturated carbocycles. The Hall–Kier alpha value is -2.67. The molecule has 8 heteroatoms. The highest BCUT2D eigenvalue weighted by molar-refractivity contribution is 6.31. The van der Waals surface area contributed by atoms with Crippen LogP contribution in [-0.4, -0.2) is 26.5 Å². The summed E-state index contributed by atoms with van der Waals surface area (Å²) in [5, 5.41) is 0.560. The molecule has 7 nitrogen and oxygen atoms in total. The number of benzene rings is 1. The third-order valence-corrected chi connectivity index (χ3v) is 3.20. The van der Waals surface area contributed by atoms with Crippen molar-refractivity contribution in [3.8, 4) is 17.1 Å². The minimum Gasteiger partial charge on any atom is -0.476 e. The Morgan fingerprint density at radius 2 is 2.00 bits per heavy atom. The van der Waals surface area contributed by atoms with E-state index in [1.54, 1.807) is 24.4 Å². The van der Waals surface area contributed by atoms with Crippen LogP contribution in [0.4, 0.5) is 11.6 Å². The lowest BCUT2D eigenvalue weighted by Crippen LogP contribution is -2.04. The zero-order valence-corrected chi connectivity index (χ0v) is 12.5. The van der Waals surface area contributed by atoms with Gasteiger partial charge in [0.15, 0.2) is 11.2 Å². The van der Waals surface area contributed by atoms with Crippen molar-refractivity contribution >= 4 is 34.4 Å². The molecule has 0 aliphatic carbocycles. The molecule has 0 aliphatic rings. The fourth-order valence-electron chi connectivity index (χ4n) is 2.02. The summed E-state index contributed by atoms with van der Waals surface area (Å²) in [6, 6.07) is 5.15. The minimum atomic E-state index is 0.0836. The van der Waals surface area contributed by atoms with Gasteiger partial charge in [0.2, 0.25) is 11.8 Å². The Morgan fingerprint density at radius 3 is 2.77 bits per heavy atom. The van der Waals surface area contributed by atoms with E-state index in [1.807, 2.05) is 6.92 Å². The number of hydrogen-bond donors (Lipinski definition) is 2. The number of fused-ring (bicyclic) bond motifs is 1. The first kappa shape index (κ1) is 14.3. The molecule has 2 heterocycles. The second kappa shape index (κ2) is 5.61. The molecule has 3 aromatic rings. The van der Waals surface area contributed by atoms with Crippen LogP contribution in [0.25, 0.3) is 22.4 Å². The second-order valence-electron chi connectivity index (χ2n) is 4.48. The number of nitrogen functional groups attached to an aromatic ring is 2. The average molecular weight is 317 g/mol. The van der Waals surface area contributed by atoms with Crippen LogP contribution in [0.1, 0.15) is 6.92 Å². The topological polar surface area (TPSA) is 113 Å². The van der Waals surface area contributed by atoms with Crippen LogP contribution >= 0.6 is 11.6 Å². The molecule has 0 amide bonds. The maximum absolute atomic E-state index is 6.02. The van der Waals surface area contributed by atoms with Crippen LogP contribution in [0, 0.1) is 0 Å². The van der Waals surface area contributed by atoms with Gasteiger partial charge in [-0.2, -0.15) is 9.97 Å². The van der Waals surface area contributed by atoms with Crippen molar-refractivity contribution < 1.29 is 4.74 Å². The highest BCUT2D eigenvalue weighted by atomic mass is 35.5. The van der Waals surface area contributed by atoms with Crippen LogP contribution in [-0.2, 0) is 0 Å². The molecule has 0 fully saturated rings. The Kier molecular flexibility index (Phi) is 3.64. The summed E-state index contributed by atoms with van der Waals surface area (Å²) in [6.07, 6.45) is 1.56. The molecule has 2 aromatic heterocycles. The number of halogens is 1. The molecule has 0 radical (unpaired) electrons. The first-order valence-electron chi connectivity index (χ1n) is 6.57. The van der Waals surface area contributed by atoms with Gasteiger partial charge in [-0.25, -0.2) is 9.97 Å². The van der Waals surface area contributed by atoms with Crippen molar-refractivity contribution in [1.82, 2.24) is 19.9 Å². The summed E-state index contributed by atoms with van der Waals surface area (Å²) in [5.74, 6) is 0.375. The molecule has 0 unspecified atom stereocenters.